The highest BCUT2D eigenvalue weighted by molar-refractivity contribution is 5.68. The van der Waals surface area contributed by atoms with Gasteiger partial charge in [0.05, 0.1) is 0 Å². The third kappa shape index (κ3) is 6.02. The fourth-order valence-electron chi connectivity index (χ4n) is 2.10. The number of carbonyl (C=O) groups is 1. The summed E-state index contributed by atoms with van der Waals surface area (Å²) in [4.78, 5) is 11.5. The van der Waals surface area contributed by atoms with E-state index in [2.05, 4.69) is 34.9 Å². The van der Waals surface area contributed by atoms with Gasteiger partial charge in [-0.2, -0.15) is 0 Å². The Hall–Kier alpha value is -2.49. The maximum absolute atomic E-state index is 11.5. The van der Waals surface area contributed by atoms with Crippen LogP contribution < -0.4 is 10.6 Å². The predicted octanol–water partition coefficient (Wildman–Crippen LogP) is 4.29. The molecule has 4 nitrogen and oxygen atoms in total. The molecule has 0 saturated heterocycles. The maximum atomic E-state index is 11.5. The minimum Gasteiger partial charge on any atom is -0.444 e. The lowest BCUT2D eigenvalue weighted by molar-refractivity contribution is 0.0530. The summed E-state index contributed by atoms with van der Waals surface area (Å²) in [5.41, 5.74) is 2.94. The molecule has 0 spiro atoms. The first-order chi connectivity index (χ1) is 10.9. The minimum absolute atomic E-state index is 0.390. The number of rotatable bonds is 5. The van der Waals surface area contributed by atoms with Gasteiger partial charge in [0.25, 0.3) is 0 Å². The lowest BCUT2D eigenvalue weighted by atomic mass is 10.1. The zero-order valence-electron chi connectivity index (χ0n) is 13.9. The number of anilines is 1. The van der Waals surface area contributed by atoms with Gasteiger partial charge >= 0.3 is 6.09 Å². The van der Waals surface area contributed by atoms with Gasteiger partial charge in [-0.15, -0.1) is 0 Å². The number of benzene rings is 2. The second-order valence-electron chi connectivity index (χ2n) is 6.30. The summed E-state index contributed by atoms with van der Waals surface area (Å²) in [6.45, 7) is 6.69. The van der Waals surface area contributed by atoms with E-state index < -0.39 is 11.7 Å². The van der Waals surface area contributed by atoms with Gasteiger partial charge in [-0.25, -0.2) is 4.79 Å². The zero-order valence-corrected chi connectivity index (χ0v) is 13.9. The van der Waals surface area contributed by atoms with Crippen LogP contribution in [0.15, 0.2) is 54.6 Å². The van der Waals surface area contributed by atoms with Crippen LogP contribution in [0, 0.1) is 0 Å². The molecule has 2 aromatic carbocycles. The number of ether oxygens (including phenoxy) is 1. The Morgan fingerprint density at radius 3 is 2.13 bits per heavy atom. The van der Waals surface area contributed by atoms with Gasteiger partial charge in [-0.05, 0) is 44.0 Å². The van der Waals surface area contributed by atoms with E-state index in [9.17, 15) is 4.79 Å². The van der Waals surface area contributed by atoms with Crippen LogP contribution >= 0.6 is 0 Å². The topological polar surface area (TPSA) is 50.4 Å². The Kier molecular flexibility index (Phi) is 5.63. The highest BCUT2D eigenvalue weighted by Gasteiger charge is 2.15. The van der Waals surface area contributed by atoms with Crippen molar-refractivity contribution in [3.63, 3.8) is 0 Å². The zero-order chi connectivity index (χ0) is 16.7. The summed E-state index contributed by atoms with van der Waals surface area (Å²) in [7, 11) is 0. The van der Waals surface area contributed by atoms with Gasteiger partial charge in [-0.1, -0.05) is 42.5 Å². The van der Waals surface area contributed by atoms with Crippen molar-refractivity contribution >= 4 is 11.8 Å². The van der Waals surface area contributed by atoms with Gasteiger partial charge in [0, 0.05) is 18.8 Å². The van der Waals surface area contributed by atoms with Crippen LogP contribution in [-0.2, 0) is 4.74 Å². The van der Waals surface area contributed by atoms with Gasteiger partial charge in [0.1, 0.15) is 5.60 Å². The van der Waals surface area contributed by atoms with Crippen molar-refractivity contribution in [2.24, 2.45) is 0 Å². The van der Waals surface area contributed by atoms with Crippen molar-refractivity contribution in [1.82, 2.24) is 5.32 Å². The quantitative estimate of drug-likeness (QED) is 0.810. The number of hydrogen-bond acceptors (Lipinski definition) is 3. The minimum atomic E-state index is -0.467. The Morgan fingerprint density at radius 2 is 1.52 bits per heavy atom. The Morgan fingerprint density at radius 1 is 0.913 bits per heavy atom. The van der Waals surface area contributed by atoms with Gasteiger partial charge in [-0.3, -0.25) is 0 Å². The van der Waals surface area contributed by atoms with E-state index in [1.807, 2.05) is 51.1 Å². The smallest absolute Gasteiger partial charge is 0.407 e. The van der Waals surface area contributed by atoms with Crippen LogP contribution in [-0.4, -0.2) is 24.8 Å². The summed E-state index contributed by atoms with van der Waals surface area (Å²) in [6, 6.07) is 18.5. The lowest BCUT2D eigenvalue weighted by Gasteiger charge is -2.19. The monoisotopic (exact) mass is 312 g/mol. The van der Waals surface area contributed by atoms with Crippen molar-refractivity contribution < 1.29 is 9.53 Å². The molecule has 0 aromatic heterocycles. The molecule has 4 heteroatoms. The van der Waals surface area contributed by atoms with Crippen molar-refractivity contribution in [3.8, 4) is 11.1 Å². The fourth-order valence-corrected chi connectivity index (χ4v) is 2.10. The summed E-state index contributed by atoms with van der Waals surface area (Å²) >= 11 is 0. The van der Waals surface area contributed by atoms with Gasteiger partial charge < -0.3 is 15.4 Å². The van der Waals surface area contributed by atoms with Crippen LogP contribution in [0.2, 0.25) is 0 Å². The molecule has 0 aliphatic rings. The van der Waals surface area contributed by atoms with Gasteiger partial charge in [0.2, 0.25) is 0 Å². The van der Waals surface area contributed by atoms with Crippen LogP contribution in [0.1, 0.15) is 20.8 Å². The van der Waals surface area contributed by atoms with E-state index in [-0.39, 0.29) is 0 Å². The van der Waals surface area contributed by atoms with Crippen LogP contribution in [0.25, 0.3) is 11.1 Å². The Bertz CT molecular complexity index is 616. The van der Waals surface area contributed by atoms with Crippen molar-refractivity contribution in [2.45, 2.75) is 26.4 Å². The first-order valence-corrected chi connectivity index (χ1v) is 7.80. The number of hydrogen-bond donors (Lipinski definition) is 2. The molecule has 0 aliphatic carbocycles. The third-order valence-corrected chi connectivity index (χ3v) is 3.11. The Balaban J connectivity index is 1.76. The van der Waals surface area contributed by atoms with E-state index in [1.54, 1.807) is 0 Å². The molecule has 0 radical (unpaired) electrons. The molecule has 2 aromatic rings. The average molecular weight is 312 g/mol. The molecule has 0 fully saturated rings. The molecule has 0 aliphatic heterocycles. The normalized spacial score (nSPS) is 10.9. The number of nitrogens with one attached hydrogen (secondary N) is 2. The number of amides is 1. The number of carbonyl (C=O) groups excluding carboxylic acids is 1. The first kappa shape index (κ1) is 16.9. The predicted molar refractivity (Wildman–Crippen MR) is 94.6 cm³/mol. The second kappa shape index (κ2) is 7.68. The van der Waals surface area contributed by atoms with Crippen LogP contribution in [0.5, 0.6) is 0 Å². The molecule has 2 rings (SSSR count). The van der Waals surface area contributed by atoms with Crippen LogP contribution in [0.4, 0.5) is 10.5 Å². The van der Waals surface area contributed by atoms with E-state index in [1.165, 1.54) is 11.1 Å². The molecule has 0 heterocycles. The highest BCUT2D eigenvalue weighted by atomic mass is 16.6. The second-order valence-corrected chi connectivity index (χ2v) is 6.30. The average Bonchev–Trinajstić information content (AvgIpc) is 2.51. The molecule has 2 N–H and O–H groups in total. The largest absolute Gasteiger partial charge is 0.444 e. The molecule has 0 atom stereocenters. The lowest BCUT2D eigenvalue weighted by Crippen LogP contribution is -2.34. The first-order valence-electron chi connectivity index (χ1n) is 7.80. The van der Waals surface area contributed by atoms with Gasteiger partial charge in [0.15, 0.2) is 0 Å². The molecule has 1 amide bonds. The Labute approximate surface area is 137 Å². The van der Waals surface area contributed by atoms with Crippen LogP contribution in [0.3, 0.4) is 0 Å². The van der Waals surface area contributed by atoms with Crippen molar-refractivity contribution in [3.05, 3.63) is 54.6 Å². The molecule has 0 saturated carbocycles. The summed E-state index contributed by atoms with van der Waals surface area (Å²) in [5, 5.41) is 5.99. The summed E-state index contributed by atoms with van der Waals surface area (Å²) in [6.07, 6.45) is -0.390. The maximum Gasteiger partial charge on any atom is 0.407 e. The fraction of sp³-hybridized carbons (Fsp3) is 0.316. The van der Waals surface area contributed by atoms with Crippen molar-refractivity contribution in [1.29, 1.82) is 0 Å². The molecular weight excluding hydrogens is 288 g/mol. The van der Waals surface area contributed by atoms with E-state index in [0.29, 0.717) is 13.1 Å². The summed E-state index contributed by atoms with van der Waals surface area (Å²) < 4.78 is 5.18. The number of alkyl carbamates (subject to hydrolysis) is 1. The molecule has 23 heavy (non-hydrogen) atoms. The molecule has 0 unspecified atom stereocenters. The SMILES string of the molecule is CC(C)(C)OC(=O)NCCNc1ccc(-c2ccccc2)cc1. The van der Waals surface area contributed by atoms with E-state index in [4.69, 9.17) is 4.74 Å². The highest BCUT2D eigenvalue weighted by Crippen LogP contribution is 2.20. The summed E-state index contributed by atoms with van der Waals surface area (Å²) in [5.74, 6) is 0. The standard InChI is InChI=1S/C19H24N2O2/c1-19(2,3)23-18(22)21-14-13-20-17-11-9-16(10-12-17)15-7-5-4-6-8-15/h4-12,20H,13-14H2,1-3H3,(H,21,22). The van der Waals surface area contributed by atoms with E-state index >= 15 is 0 Å². The molecule has 122 valence electrons. The third-order valence-electron chi connectivity index (χ3n) is 3.11. The molecule has 0 bridgehead atoms. The van der Waals surface area contributed by atoms with Crippen molar-refractivity contribution in [2.75, 3.05) is 18.4 Å². The van der Waals surface area contributed by atoms with E-state index in [0.717, 1.165) is 5.69 Å². The molecular formula is C19H24N2O2.